The molecule has 0 fully saturated rings. The molecule has 0 atom stereocenters. The fourth-order valence-corrected chi connectivity index (χ4v) is 3.53. The van der Waals surface area contributed by atoms with Crippen molar-refractivity contribution >= 4 is 49.8 Å². The molecule has 0 radical (unpaired) electrons. The number of halogens is 1. The molecule has 2 aromatic heterocycles. The Hall–Kier alpha value is -2.80. The first kappa shape index (κ1) is 16.7. The normalized spacial score (nSPS) is 11.5. The molecule has 0 aliphatic heterocycles. The van der Waals surface area contributed by atoms with Crippen molar-refractivity contribution in [1.82, 2.24) is 9.55 Å². The van der Waals surface area contributed by atoms with E-state index in [9.17, 15) is 4.79 Å². The molecule has 2 heterocycles. The minimum atomic E-state index is -0.547. The predicted molar refractivity (Wildman–Crippen MR) is 105 cm³/mol. The highest BCUT2D eigenvalue weighted by Crippen LogP contribution is 2.32. The Morgan fingerprint density at radius 3 is 2.69 bits per heavy atom. The molecular formula is C19H17BrN4O2. The largest absolute Gasteiger partial charge is 0.460 e. The summed E-state index contributed by atoms with van der Waals surface area (Å²) in [5.41, 5.74) is 15.2. The van der Waals surface area contributed by atoms with E-state index in [1.165, 1.54) is 5.56 Å². The lowest BCUT2D eigenvalue weighted by Crippen LogP contribution is -2.11. The average molecular weight is 413 g/mol. The van der Waals surface area contributed by atoms with E-state index in [0.717, 1.165) is 21.8 Å². The molecule has 4 rings (SSSR count). The number of nitrogen functional groups attached to an aromatic ring is 1. The lowest BCUT2D eigenvalue weighted by atomic mass is 10.1. The van der Waals surface area contributed by atoms with E-state index < -0.39 is 5.91 Å². The highest BCUT2D eigenvalue weighted by atomic mass is 79.9. The summed E-state index contributed by atoms with van der Waals surface area (Å²) in [5, 5.41) is 0.800. The molecular weight excluding hydrogens is 396 g/mol. The molecule has 0 spiro atoms. The third kappa shape index (κ3) is 2.74. The van der Waals surface area contributed by atoms with Gasteiger partial charge in [0.25, 0.3) is 5.91 Å². The molecule has 7 heteroatoms. The zero-order valence-corrected chi connectivity index (χ0v) is 15.7. The van der Waals surface area contributed by atoms with Crippen LogP contribution in [0.5, 0.6) is 0 Å². The second-order valence-corrected chi connectivity index (χ2v) is 7.17. The number of anilines is 1. The van der Waals surface area contributed by atoms with Crippen molar-refractivity contribution < 1.29 is 9.21 Å². The van der Waals surface area contributed by atoms with Gasteiger partial charge in [-0.2, -0.15) is 0 Å². The van der Waals surface area contributed by atoms with Gasteiger partial charge in [0.1, 0.15) is 11.3 Å². The zero-order valence-electron chi connectivity index (χ0n) is 14.1. The highest BCUT2D eigenvalue weighted by Gasteiger charge is 2.20. The minimum absolute atomic E-state index is 0.318. The Morgan fingerprint density at radius 2 is 2.00 bits per heavy atom. The Morgan fingerprint density at radius 1 is 1.27 bits per heavy atom. The fraction of sp³-hybridized carbons (Fsp3) is 0.158. The van der Waals surface area contributed by atoms with Gasteiger partial charge in [-0.05, 0) is 43.2 Å². The molecule has 0 aliphatic rings. The smallest absolute Gasteiger partial charge is 0.252 e. The van der Waals surface area contributed by atoms with Crippen molar-refractivity contribution in [3.8, 4) is 0 Å². The summed E-state index contributed by atoms with van der Waals surface area (Å²) >= 11 is 3.44. The van der Waals surface area contributed by atoms with Gasteiger partial charge in [-0.3, -0.25) is 4.79 Å². The molecule has 0 aliphatic carbocycles. The van der Waals surface area contributed by atoms with E-state index in [-0.39, 0.29) is 0 Å². The van der Waals surface area contributed by atoms with E-state index in [2.05, 4.69) is 33.0 Å². The molecule has 0 bridgehead atoms. The van der Waals surface area contributed by atoms with Crippen molar-refractivity contribution in [3.63, 3.8) is 0 Å². The van der Waals surface area contributed by atoms with Crippen LogP contribution in [0.25, 0.3) is 22.0 Å². The van der Waals surface area contributed by atoms with Crippen LogP contribution in [-0.2, 0) is 13.0 Å². The van der Waals surface area contributed by atoms with Gasteiger partial charge in [0.2, 0.25) is 5.95 Å². The first-order valence-corrected chi connectivity index (χ1v) is 8.96. The van der Waals surface area contributed by atoms with Gasteiger partial charge in [0, 0.05) is 16.4 Å². The Balaban J connectivity index is 1.84. The number of nitrogens with two attached hydrogens (primary N) is 2. The molecule has 4 N–H and O–H groups in total. The molecule has 4 aromatic rings. The summed E-state index contributed by atoms with van der Waals surface area (Å²) in [6.45, 7) is 2.50. The van der Waals surface area contributed by atoms with Crippen molar-refractivity contribution in [3.05, 3.63) is 57.8 Å². The summed E-state index contributed by atoms with van der Waals surface area (Å²) < 4.78 is 8.72. The number of benzene rings is 2. The van der Waals surface area contributed by atoms with Crippen molar-refractivity contribution in [2.75, 3.05) is 5.73 Å². The summed E-state index contributed by atoms with van der Waals surface area (Å²) in [6, 6.07) is 11.7. The number of carbonyl (C=O) groups excluding carboxylic acids is 1. The van der Waals surface area contributed by atoms with Gasteiger partial charge in [-0.25, -0.2) is 4.98 Å². The van der Waals surface area contributed by atoms with Crippen LogP contribution in [0.4, 0.5) is 5.95 Å². The minimum Gasteiger partial charge on any atom is -0.460 e. The van der Waals surface area contributed by atoms with Crippen LogP contribution in [0.1, 0.15) is 21.7 Å². The number of imidazole rings is 1. The topological polar surface area (TPSA) is 100 Å². The Kier molecular flexibility index (Phi) is 3.96. The molecule has 0 unspecified atom stereocenters. The SMILES string of the molecule is Cc1cc2c(o1)c(C(N)=O)cc1nc(N)n(CCc3ccc(Br)cc3)c12. The summed E-state index contributed by atoms with van der Waals surface area (Å²) in [4.78, 5) is 16.2. The van der Waals surface area contributed by atoms with E-state index in [0.29, 0.717) is 34.9 Å². The van der Waals surface area contributed by atoms with E-state index >= 15 is 0 Å². The zero-order chi connectivity index (χ0) is 18.4. The Bertz CT molecular complexity index is 1140. The second-order valence-electron chi connectivity index (χ2n) is 6.25. The van der Waals surface area contributed by atoms with Crippen LogP contribution in [0.3, 0.4) is 0 Å². The van der Waals surface area contributed by atoms with Gasteiger partial charge in [-0.15, -0.1) is 0 Å². The van der Waals surface area contributed by atoms with Gasteiger partial charge in [-0.1, -0.05) is 28.1 Å². The number of aromatic nitrogens is 2. The molecule has 0 saturated carbocycles. The van der Waals surface area contributed by atoms with Crippen LogP contribution >= 0.6 is 15.9 Å². The second kappa shape index (κ2) is 6.17. The van der Waals surface area contributed by atoms with Crippen LogP contribution in [0.2, 0.25) is 0 Å². The number of fused-ring (bicyclic) bond motifs is 3. The van der Waals surface area contributed by atoms with E-state index in [1.807, 2.05) is 29.7 Å². The number of nitrogens with zero attached hydrogens (tertiary/aromatic N) is 2. The van der Waals surface area contributed by atoms with Crippen LogP contribution in [-0.4, -0.2) is 15.5 Å². The van der Waals surface area contributed by atoms with E-state index in [1.54, 1.807) is 6.07 Å². The third-order valence-electron chi connectivity index (χ3n) is 4.46. The molecule has 0 saturated heterocycles. The van der Waals surface area contributed by atoms with Crippen LogP contribution in [0.15, 0.2) is 45.3 Å². The molecule has 1 amide bonds. The predicted octanol–water partition coefficient (Wildman–Crippen LogP) is 3.78. The third-order valence-corrected chi connectivity index (χ3v) is 4.99. The number of hydrogen-bond donors (Lipinski definition) is 2. The first-order chi connectivity index (χ1) is 12.4. The Labute approximate surface area is 157 Å². The number of rotatable bonds is 4. The number of amides is 1. The summed E-state index contributed by atoms with van der Waals surface area (Å²) in [7, 11) is 0. The summed E-state index contributed by atoms with van der Waals surface area (Å²) in [5.74, 6) is 0.558. The monoisotopic (exact) mass is 412 g/mol. The highest BCUT2D eigenvalue weighted by molar-refractivity contribution is 9.10. The average Bonchev–Trinajstić information content (AvgIpc) is 3.12. The summed E-state index contributed by atoms with van der Waals surface area (Å²) in [6.07, 6.45) is 0.804. The quantitative estimate of drug-likeness (QED) is 0.532. The van der Waals surface area contributed by atoms with E-state index in [4.69, 9.17) is 15.9 Å². The maximum atomic E-state index is 11.8. The molecule has 26 heavy (non-hydrogen) atoms. The van der Waals surface area contributed by atoms with Crippen LogP contribution < -0.4 is 11.5 Å². The van der Waals surface area contributed by atoms with Gasteiger partial charge in [0.15, 0.2) is 0 Å². The van der Waals surface area contributed by atoms with Crippen molar-refractivity contribution in [2.45, 2.75) is 19.9 Å². The first-order valence-electron chi connectivity index (χ1n) is 8.17. The maximum absolute atomic E-state index is 11.8. The number of hydrogen-bond acceptors (Lipinski definition) is 4. The van der Waals surface area contributed by atoms with Gasteiger partial charge in [0.05, 0.1) is 16.6 Å². The number of carbonyl (C=O) groups is 1. The van der Waals surface area contributed by atoms with Crippen LogP contribution in [0, 0.1) is 6.92 Å². The molecule has 132 valence electrons. The lowest BCUT2D eigenvalue weighted by Gasteiger charge is -2.08. The van der Waals surface area contributed by atoms with Crippen molar-refractivity contribution in [1.29, 1.82) is 0 Å². The number of primary amides is 1. The maximum Gasteiger partial charge on any atom is 0.252 e. The lowest BCUT2D eigenvalue weighted by molar-refractivity contribution is 0.100. The fourth-order valence-electron chi connectivity index (χ4n) is 3.27. The number of aryl methyl sites for hydroxylation is 3. The van der Waals surface area contributed by atoms with Gasteiger partial charge < -0.3 is 20.5 Å². The standard InChI is InChI=1S/C19H17BrN4O2/c1-10-8-13-16-15(9-14(18(21)25)17(13)26-10)23-19(22)24(16)7-6-11-2-4-12(20)5-3-11/h2-5,8-9H,6-7H2,1H3,(H2,21,25)(H2,22,23). The van der Waals surface area contributed by atoms with Gasteiger partial charge >= 0.3 is 0 Å². The molecule has 2 aromatic carbocycles. The van der Waals surface area contributed by atoms with Crippen molar-refractivity contribution in [2.24, 2.45) is 5.73 Å². The number of furan rings is 1. The molecule has 6 nitrogen and oxygen atoms in total.